The van der Waals surface area contributed by atoms with Crippen LogP contribution in [0.15, 0.2) is 146 Å². The fourth-order valence-corrected chi connectivity index (χ4v) is 10.4. The number of benzene rings is 6. The van der Waals surface area contributed by atoms with Crippen molar-refractivity contribution < 1.29 is 67.2 Å². The number of amides is 1. The van der Waals surface area contributed by atoms with Gasteiger partial charge in [0, 0.05) is 11.8 Å². The predicted octanol–water partition coefficient (Wildman–Crippen LogP) is 7.68. The van der Waals surface area contributed by atoms with Gasteiger partial charge in [0.15, 0.2) is 23.0 Å². The standard InChI is InChI=1S/C57H57NO14/c1-63-45-23-39(24-46(64-2)52(45)60)49-40-25-43-44(71-34-70-43)26-41(40)51(42-32-69-56(61)50(42)49)58-48(59)27-57(62)55(68-31-38-21-13-6-14-22-38)54(67-30-37-19-11-5-12-20-37)53(66-29-36-17-9-4-10-18-36)47(72-57)33-65-28-35-15-7-3-8-16-35/h3-26,42,47,49-51,53-55,60,62H,27-34H2,1-2H3,(H,58,59)/t42-,47+,49+,50-,51+,53+,54-,55+,57-/m0/s1. The summed E-state index contributed by atoms with van der Waals surface area (Å²) in [6.45, 7) is 0.472. The monoisotopic (exact) mass is 979 g/mol. The topological polar surface area (TPSA) is 179 Å². The molecule has 0 spiro atoms. The Morgan fingerprint density at radius 2 is 1.18 bits per heavy atom. The lowest BCUT2D eigenvalue weighted by Crippen LogP contribution is -2.68. The molecular formula is C57H57NO14. The zero-order chi connectivity index (χ0) is 49.6. The second-order valence-electron chi connectivity index (χ2n) is 18.4. The predicted molar refractivity (Wildman–Crippen MR) is 260 cm³/mol. The number of fused-ring (bicyclic) bond motifs is 3. The minimum atomic E-state index is -2.34. The van der Waals surface area contributed by atoms with Gasteiger partial charge in [0.1, 0.15) is 24.4 Å². The Kier molecular flexibility index (Phi) is 14.7. The van der Waals surface area contributed by atoms with Crippen LogP contribution in [0, 0.1) is 11.8 Å². The van der Waals surface area contributed by atoms with Gasteiger partial charge in [0.25, 0.3) is 0 Å². The van der Waals surface area contributed by atoms with E-state index in [9.17, 15) is 15.0 Å². The van der Waals surface area contributed by atoms with Crippen LogP contribution in [0.5, 0.6) is 28.7 Å². The molecule has 4 aliphatic rings. The van der Waals surface area contributed by atoms with Crippen LogP contribution in [0.1, 0.15) is 57.3 Å². The summed E-state index contributed by atoms with van der Waals surface area (Å²) in [5.41, 5.74) is 5.41. The minimum Gasteiger partial charge on any atom is -0.502 e. The number of phenolic OH excluding ortho intramolecular Hbond substituents is 1. The summed E-state index contributed by atoms with van der Waals surface area (Å²) in [7, 11) is 2.86. The molecule has 1 aliphatic carbocycles. The maximum atomic E-state index is 15.1. The molecule has 6 aromatic carbocycles. The number of phenols is 1. The van der Waals surface area contributed by atoms with Crippen molar-refractivity contribution in [2.45, 2.75) is 75.0 Å². The first-order valence-electron chi connectivity index (χ1n) is 24.0. The van der Waals surface area contributed by atoms with E-state index in [0.717, 1.165) is 22.3 Å². The van der Waals surface area contributed by atoms with E-state index in [2.05, 4.69) is 5.32 Å². The largest absolute Gasteiger partial charge is 0.502 e. The van der Waals surface area contributed by atoms with Crippen LogP contribution in [0.25, 0.3) is 0 Å². The lowest BCUT2D eigenvalue weighted by Gasteiger charge is -2.50. The van der Waals surface area contributed by atoms with Gasteiger partial charge in [-0.1, -0.05) is 121 Å². The number of rotatable bonds is 19. The van der Waals surface area contributed by atoms with Gasteiger partial charge in [-0.05, 0) is 63.2 Å². The molecule has 15 nitrogen and oxygen atoms in total. The maximum Gasteiger partial charge on any atom is 0.310 e. The Hall–Kier alpha value is -6.98. The highest BCUT2D eigenvalue weighted by atomic mass is 16.7. The number of esters is 1. The van der Waals surface area contributed by atoms with Gasteiger partial charge in [0.05, 0.1) is 72.2 Å². The number of ether oxygens (including phenoxy) is 10. The van der Waals surface area contributed by atoms with Crippen LogP contribution in [0.3, 0.4) is 0 Å². The molecule has 0 saturated carbocycles. The summed E-state index contributed by atoms with van der Waals surface area (Å²) < 4.78 is 62.2. The van der Waals surface area contributed by atoms with E-state index >= 15 is 4.79 Å². The summed E-state index contributed by atoms with van der Waals surface area (Å²) in [5, 5.41) is 27.4. The van der Waals surface area contributed by atoms with E-state index < -0.39 is 72.3 Å². The van der Waals surface area contributed by atoms with Crippen LogP contribution >= 0.6 is 0 Å². The van der Waals surface area contributed by atoms with Crippen LogP contribution in [-0.2, 0) is 64.4 Å². The zero-order valence-electron chi connectivity index (χ0n) is 39.9. The van der Waals surface area contributed by atoms with Crippen molar-refractivity contribution in [1.82, 2.24) is 5.32 Å². The number of nitrogens with one attached hydrogen (secondary N) is 1. The van der Waals surface area contributed by atoms with Crippen molar-refractivity contribution in [3.05, 3.63) is 185 Å². The Labute approximate surface area is 417 Å². The fourth-order valence-electron chi connectivity index (χ4n) is 10.4. The molecule has 9 atom stereocenters. The molecule has 2 saturated heterocycles. The van der Waals surface area contributed by atoms with E-state index in [4.69, 9.17) is 47.4 Å². The highest BCUT2D eigenvalue weighted by Crippen LogP contribution is 2.56. The lowest BCUT2D eigenvalue weighted by molar-refractivity contribution is -0.369. The maximum absolute atomic E-state index is 15.1. The average molecular weight is 980 g/mol. The van der Waals surface area contributed by atoms with E-state index in [1.165, 1.54) is 14.2 Å². The van der Waals surface area contributed by atoms with E-state index in [1.807, 2.05) is 133 Å². The molecule has 0 aromatic heterocycles. The molecule has 3 heterocycles. The minimum absolute atomic E-state index is 0.0224. The third-order valence-electron chi connectivity index (χ3n) is 13.8. The highest BCUT2D eigenvalue weighted by Gasteiger charge is 2.58. The average Bonchev–Trinajstić information content (AvgIpc) is 4.04. The van der Waals surface area contributed by atoms with Crippen molar-refractivity contribution in [1.29, 1.82) is 0 Å². The quantitative estimate of drug-likeness (QED) is 0.0673. The summed E-state index contributed by atoms with van der Waals surface area (Å²) in [6.07, 6.45) is -4.81. The SMILES string of the molecule is COc1cc([C@@H]2c3cc4c(cc3[C@@H](NC(=O)C[C@]3(O)O[C@H](COCc5ccccc5)[C@@H](OCc5ccccc5)[C@H](OCc5ccccc5)[C@H]3OCc3ccccc3)[C@H]3COC(=O)[C@H]23)OCO4)cc(OC)c1O. The van der Waals surface area contributed by atoms with Crippen molar-refractivity contribution in [3.63, 3.8) is 0 Å². The van der Waals surface area contributed by atoms with Crippen LogP contribution in [0.2, 0.25) is 0 Å². The van der Waals surface area contributed by atoms with E-state index in [-0.39, 0.29) is 63.7 Å². The number of aromatic hydroxyl groups is 1. The fraction of sp³-hybridized carbons (Fsp3) is 0.333. The Bertz CT molecular complexity index is 2780. The third-order valence-corrected chi connectivity index (χ3v) is 13.8. The Morgan fingerprint density at radius 1 is 0.667 bits per heavy atom. The number of carbonyl (C=O) groups is 2. The number of hydrogen-bond acceptors (Lipinski definition) is 14. The van der Waals surface area contributed by atoms with Crippen molar-refractivity contribution in [2.75, 3.05) is 34.2 Å². The van der Waals surface area contributed by atoms with Crippen LogP contribution < -0.4 is 24.3 Å². The molecule has 0 unspecified atom stereocenters. The van der Waals surface area contributed by atoms with Crippen molar-refractivity contribution in [3.8, 4) is 28.7 Å². The molecule has 3 N–H and O–H groups in total. The Balaban J connectivity index is 1.02. The van der Waals surface area contributed by atoms with Gasteiger partial charge >= 0.3 is 5.97 Å². The van der Waals surface area contributed by atoms with Crippen LogP contribution in [0.4, 0.5) is 0 Å². The zero-order valence-corrected chi connectivity index (χ0v) is 39.9. The van der Waals surface area contributed by atoms with Crippen LogP contribution in [-0.4, -0.2) is 86.5 Å². The van der Waals surface area contributed by atoms with Crippen molar-refractivity contribution in [2.24, 2.45) is 11.8 Å². The summed E-state index contributed by atoms with van der Waals surface area (Å²) in [4.78, 5) is 29.1. The normalized spacial score (nSPS) is 25.0. The molecule has 2 fully saturated rings. The second-order valence-corrected chi connectivity index (χ2v) is 18.4. The number of aliphatic hydroxyl groups is 1. The first-order valence-corrected chi connectivity index (χ1v) is 24.0. The number of hydrogen-bond donors (Lipinski definition) is 3. The van der Waals surface area contributed by atoms with E-state index in [0.29, 0.717) is 28.2 Å². The van der Waals surface area contributed by atoms with Gasteiger partial charge in [-0.3, -0.25) is 9.59 Å². The van der Waals surface area contributed by atoms with Gasteiger partial charge in [-0.2, -0.15) is 0 Å². The molecule has 72 heavy (non-hydrogen) atoms. The first kappa shape index (κ1) is 48.6. The molecule has 0 bridgehead atoms. The van der Waals surface area contributed by atoms with Gasteiger partial charge in [0.2, 0.25) is 24.2 Å². The summed E-state index contributed by atoms with van der Waals surface area (Å²) >= 11 is 0. The van der Waals surface area contributed by atoms with Gasteiger partial charge in [-0.15, -0.1) is 0 Å². The summed E-state index contributed by atoms with van der Waals surface area (Å²) in [6, 6.07) is 44.7. The van der Waals surface area contributed by atoms with Crippen molar-refractivity contribution >= 4 is 11.9 Å². The molecule has 1 amide bonds. The highest BCUT2D eigenvalue weighted by molar-refractivity contribution is 5.81. The molecule has 374 valence electrons. The molecule has 6 aromatic rings. The lowest BCUT2D eigenvalue weighted by atomic mass is 9.65. The third kappa shape index (κ3) is 10.4. The molecule has 15 heteroatoms. The first-order chi connectivity index (χ1) is 35.2. The molecule has 3 aliphatic heterocycles. The number of methoxy groups -OCH3 is 2. The molecule has 0 radical (unpaired) electrons. The Morgan fingerprint density at radius 3 is 1.74 bits per heavy atom. The summed E-state index contributed by atoms with van der Waals surface area (Å²) in [5.74, 6) is -4.48. The second kappa shape index (κ2) is 21.8. The van der Waals surface area contributed by atoms with Gasteiger partial charge < -0.3 is 62.9 Å². The smallest absolute Gasteiger partial charge is 0.310 e. The van der Waals surface area contributed by atoms with Gasteiger partial charge in [-0.25, -0.2) is 0 Å². The number of carbonyl (C=O) groups excluding carboxylic acids is 2. The molecule has 10 rings (SSSR count). The number of cyclic esters (lactones) is 1. The van der Waals surface area contributed by atoms with E-state index in [1.54, 1.807) is 12.1 Å². The molecular weight excluding hydrogens is 923 g/mol.